The normalized spacial score (nSPS) is 15.7. The third-order valence-electron chi connectivity index (χ3n) is 5.50. The average molecular weight is 419 g/mol. The largest absolute Gasteiger partial charge is 0.417 e. The molecule has 4 rings (SSSR count). The van der Waals surface area contributed by atoms with Gasteiger partial charge in [-0.2, -0.15) is 13.2 Å². The minimum absolute atomic E-state index is 0.0724. The number of carbonyl (C=O) groups is 1. The van der Waals surface area contributed by atoms with Gasteiger partial charge in [-0.3, -0.25) is 4.79 Å². The molecule has 0 unspecified atom stereocenters. The second kappa shape index (κ2) is 7.66. The fraction of sp³-hybridized carbons (Fsp3) is 0.450. The van der Waals surface area contributed by atoms with E-state index in [-0.39, 0.29) is 28.6 Å². The van der Waals surface area contributed by atoms with Gasteiger partial charge in [-0.05, 0) is 32.3 Å². The van der Waals surface area contributed by atoms with Crippen molar-refractivity contribution in [3.8, 4) is 0 Å². The minimum atomic E-state index is -4.53. The van der Waals surface area contributed by atoms with Crippen molar-refractivity contribution in [2.24, 2.45) is 0 Å². The number of pyridine rings is 1. The van der Waals surface area contributed by atoms with E-state index in [1.807, 2.05) is 0 Å². The van der Waals surface area contributed by atoms with Crippen LogP contribution in [0.1, 0.15) is 58.7 Å². The number of alkyl halides is 3. The van der Waals surface area contributed by atoms with Crippen molar-refractivity contribution in [2.45, 2.75) is 45.2 Å². The number of piperidine rings is 1. The second-order valence-electron chi connectivity index (χ2n) is 7.35. The van der Waals surface area contributed by atoms with Crippen molar-refractivity contribution in [3.63, 3.8) is 0 Å². The van der Waals surface area contributed by atoms with E-state index in [0.29, 0.717) is 49.3 Å². The van der Waals surface area contributed by atoms with Crippen molar-refractivity contribution in [1.82, 2.24) is 25.0 Å². The third-order valence-corrected chi connectivity index (χ3v) is 5.50. The van der Waals surface area contributed by atoms with E-state index in [0.717, 1.165) is 6.07 Å². The lowest BCUT2D eigenvalue weighted by Gasteiger charge is -2.31. The molecule has 3 aromatic rings. The van der Waals surface area contributed by atoms with Crippen LogP contribution in [0.15, 0.2) is 23.1 Å². The van der Waals surface area contributed by atoms with Gasteiger partial charge in [0.2, 0.25) is 0 Å². The highest BCUT2D eigenvalue weighted by molar-refractivity contribution is 5.95. The number of hydrogen-bond donors (Lipinski definition) is 0. The Morgan fingerprint density at radius 1 is 1.30 bits per heavy atom. The Hall–Kier alpha value is -3.04. The minimum Gasteiger partial charge on any atom is -0.338 e. The molecule has 0 aromatic carbocycles. The highest BCUT2D eigenvalue weighted by Crippen LogP contribution is 2.40. The number of hydrogen-bond acceptors (Lipinski definition) is 6. The van der Waals surface area contributed by atoms with Crippen LogP contribution in [0.25, 0.3) is 11.1 Å². The van der Waals surface area contributed by atoms with Crippen LogP contribution in [0.5, 0.6) is 0 Å². The summed E-state index contributed by atoms with van der Waals surface area (Å²) in [5.74, 6) is -0.430. The molecule has 1 amide bonds. The molecule has 7 nitrogen and oxygen atoms in total. The molecule has 0 atom stereocenters. The Balaban J connectivity index is 1.60. The van der Waals surface area contributed by atoms with E-state index in [2.05, 4.69) is 20.1 Å². The Morgan fingerprint density at radius 3 is 2.67 bits per heavy atom. The maximum absolute atomic E-state index is 13.7. The highest BCUT2D eigenvalue weighted by atomic mass is 19.4. The average Bonchev–Trinajstić information content (AvgIpc) is 3.16. The molecule has 10 heteroatoms. The van der Waals surface area contributed by atoms with Crippen LogP contribution < -0.4 is 0 Å². The summed E-state index contributed by atoms with van der Waals surface area (Å²) in [6.07, 6.45) is -0.357. The molecule has 0 saturated carbocycles. The smallest absolute Gasteiger partial charge is 0.338 e. The van der Waals surface area contributed by atoms with Gasteiger partial charge in [0.15, 0.2) is 0 Å². The van der Waals surface area contributed by atoms with Crippen molar-refractivity contribution >= 4 is 17.0 Å². The zero-order chi connectivity index (χ0) is 21.5. The highest BCUT2D eigenvalue weighted by Gasteiger charge is 2.38. The van der Waals surface area contributed by atoms with Crippen molar-refractivity contribution in [2.75, 3.05) is 13.1 Å². The van der Waals surface area contributed by atoms with Gasteiger partial charge in [-0.25, -0.2) is 15.0 Å². The van der Waals surface area contributed by atoms with E-state index in [1.54, 1.807) is 18.7 Å². The van der Waals surface area contributed by atoms with Gasteiger partial charge < -0.3 is 9.42 Å². The third kappa shape index (κ3) is 3.61. The Kier molecular flexibility index (Phi) is 5.17. The monoisotopic (exact) mass is 419 g/mol. The zero-order valence-electron chi connectivity index (χ0n) is 16.5. The van der Waals surface area contributed by atoms with Crippen molar-refractivity contribution in [1.29, 1.82) is 0 Å². The summed E-state index contributed by atoms with van der Waals surface area (Å²) in [6, 6.07) is 1.07. The molecule has 1 fully saturated rings. The van der Waals surface area contributed by atoms with Gasteiger partial charge in [-0.1, -0.05) is 12.1 Å². The number of amides is 1. The molecule has 4 heterocycles. The van der Waals surface area contributed by atoms with E-state index < -0.39 is 11.7 Å². The standard InChI is InChI=1S/C20H20F3N5O2/c1-3-13-8-15(20(21,22)23)16-17(27-30-18(16)26-13)12-4-6-28(7-5-12)19(29)14-9-24-10-25-11(14)2/h8-10,12H,3-7H2,1-2H3. The summed E-state index contributed by atoms with van der Waals surface area (Å²) in [5.41, 5.74) is 0.728. The predicted molar refractivity (Wildman–Crippen MR) is 101 cm³/mol. The van der Waals surface area contributed by atoms with Gasteiger partial charge in [0.1, 0.15) is 6.33 Å². The summed E-state index contributed by atoms with van der Waals surface area (Å²) in [5, 5.41) is 3.88. The molecule has 0 spiro atoms. The molecule has 1 aliphatic rings. The van der Waals surface area contributed by atoms with Gasteiger partial charge in [-0.15, -0.1) is 0 Å². The van der Waals surface area contributed by atoms with E-state index in [9.17, 15) is 18.0 Å². The molecule has 0 aliphatic carbocycles. The summed E-state index contributed by atoms with van der Waals surface area (Å²) in [4.78, 5) is 26.5. The van der Waals surface area contributed by atoms with Gasteiger partial charge in [0.05, 0.1) is 27.9 Å². The first-order valence-electron chi connectivity index (χ1n) is 9.71. The van der Waals surface area contributed by atoms with Crippen LogP contribution in [-0.2, 0) is 12.6 Å². The first kappa shape index (κ1) is 20.2. The molecule has 1 aliphatic heterocycles. The van der Waals surface area contributed by atoms with Gasteiger partial charge in [0.25, 0.3) is 11.6 Å². The topological polar surface area (TPSA) is 85.0 Å². The summed E-state index contributed by atoms with van der Waals surface area (Å²) in [6.45, 7) is 4.26. The summed E-state index contributed by atoms with van der Waals surface area (Å²) >= 11 is 0. The molecular weight excluding hydrogens is 399 g/mol. The van der Waals surface area contributed by atoms with Crippen LogP contribution in [0.2, 0.25) is 0 Å². The Morgan fingerprint density at radius 2 is 2.03 bits per heavy atom. The molecule has 3 aromatic heterocycles. The maximum atomic E-state index is 13.7. The lowest BCUT2D eigenvalue weighted by molar-refractivity contribution is -0.136. The Labute approximate surface area is 170 Å². The quantitative estimate of drug-likeness (QED) is 0.640. The van der Waals surface area contributed by atoms with Crippen LogP contribution in [0.4, 0.5) is 13.2 Å². The van der Waals surface area contributed by atoms with E-state index >= 15 is 0 Å². The zero-order valence-corrected chi connectivity index (χ0v) is 16.5. The molecule has 0 radical (unpaired) electrons. The summed E-state index contributed by atoms with van der Waals surface area (Å²) in [7, 11) is 0. The number of rotatable bonds is 3. The van der Waals surface area contributed by atoms with Crippen LogP contribution in [0, 0.1) is 6.92 Å². The first-order chi connectivity index (χ1) is 14.3. The number of aromatic nitrogens is 4. The molecule has 158 valence electrons. The Bertz CT molecular complexity index is 1090. The van der Waals surface area contributed by atoms with Crippen LogP contribution in [-0.4, -0.2) is 44.0 Å². The fourth-order valence-electron chi connectivity index (χ4n) is 3.83. The molecule has 1 saturated heterocycles. The number of likely N-dealkylation sites (tertiary alicyclic amines) is 1. The number of halogens is 3. The van der Waals surface area contributed by atoms with Crippen molar-refractivity contribution in [3.05, 3.63) is 46.8 Å². The predicted octanol–water partition coefficient (Wildman–Crippen LogP) is 3.92. The molecule has 30 heavy (non-hydrogen) atoms. The van der Waals surface area contributed by atoms with Gasteiger partial charge >= 0.3 is 6.18 Å². The number of carbonyl (C=O) groups excluding carboxylic acids is 1. The second-order valence-corrected chi connectivity index (χ2v) is 7.35. The first-order valence-corrected chi connectivity index (χ1v) is 9.71. The van der Waals surface area contributed by atoms with Crippen molar-refractivity contribution < 1.29 is 22.5 Å². The number of nitrogens with zero attached hydrogens (tertiary/aromatic N) is 5. The molecule has 0 bridgehead atoms. The number of aryl methyl sites for hydroxylation is 2. The SMILES string of the molecule is CCc1cc(C(F)(F)F)c2c(C3CCN(C(=O)c4cncnc4C)CC3)noc2n1. The van der Waals surface area contributed by atoms with Gasteiger partial charge in [0, 0.05) is 30.9 Å². The fourth-order valence-corrected chi connectivity index (χ4v) is 3.83. The van der Waals surface area contributed by atoms with E-state index in [4.69, 9.17) is 4.52 Å². The lowest BCUT2D eigenvalue weighted by Crippen LogP contribution is -2.38. The maximum Gasteiger partial charge on any atom is 0.417 e. The summed E-state index contributed by atoms with van der Waals surface area (Å²) < 4.78 is 46.3. The number of fused-ring (bicyclic) bond motifs is 1. The lowest BCUT2D eigenvalue weighted by atomic mass is 9.90. The molecular formula is C20H20F3N5O2. The van der Waals surface area contributed by atoms with Crippen LogP contribution in [0.3, 0.4) is 0 Å². The van der Waals surface area contributed by atoms with Crippen LogP contribution >= 0.6 is 0 Å². The molecule has 0 N–H and O–H groups in total. The van der Waals surface area contributed by atoms with E-state index in [1.165, 1.54) is 12.5 Å².